The second-order valence-electron chi connectivity index (χ2n) is 14.4. The number of unbranched alkanes of at least 4 members (excludes halogenated alkanes) is 22. The SMILES string of the molecule is CCCCCCCC/C=C\CCCC(CCCCCCCC(=O)NC(CCCN)C(=O)O)OC(=O)CCCCCCCCCCCCCC. The summed E-state index contributed by atoms with van der Waals surface area (Å²) in [5.41, 5.74) is 5.48. The summed E-state index contributed by atoms with van der Waals surface area (Å²) in [5.74, 6) is -1.24. The van der Waals surface area contributed by atoms with Gasteiger partial charge in [-0.05, 0) is 77.2 Å². The number of amides is 1. The predicted molar refractivity (Wildman–Crippen MR) is 207 cm³/mol. The van der Waals surface area contributed by atoms with Crippen LogP contribution < -0.4 is 11.1 Å². The summed E-state index contributed by atoms with van der Waals surface area (Å²) >= 11 is 0. The lowest BCUT2D eigenvalue weighted by Crippen LogP contribution is -2.40. The van der Waals surface area contributed by atoms with Crippen LogP contribution >= 0.6 is 0 Å². The number of hydrogen-bond donors (Lipinski definition) is 3. The minimum absolute atomic E-state index is 0.0101. The minimum Gasteiger partial charge on any atom is -0.480 e. The van der Waals surface area contributed by atoms with Crippen LogP contribution in [-0.4, -0.2) is 41.6 Å². The van der Waals surface area contributed by atoms with Gasteiger partial charge < -0.3 is 20.9 Å². The van der Waals surface area contributed by atoms with Crippen LogP contribution in [0.5, 0.6) is 0 Å². The van der Waals surface area contributed by atoms with Gasteiger partial charge in [0.2, 0.25) is 5.91 Å². The molecule has 0 rings (SSSR count). The highest BCUT2D eigenvalue weighted by atomic mass is 16.5. The molecule has 0 radical (unpaired) electrons. The first-order valence-corrected chi connectivity index (χ1v) is 21.0. The molecular weight excluding hydrogens is 612 g/mol. The molecule has 4 N–H and O–H groups in total. The zero-order valence-electron chi connectivity index (χ0n) is 32.3. The summed E-state index contributed by atoms with van der Waals surface area (Å²) in [7, 11) is 0. The molecular formula is C42H80N2O5. The first-order valence-electron chi connectivity index (χ1n) is 21.0. The van der Waals surface area contributed by atoms with Crippen molar-refractivity contribution in [2.24, 2.45) is 5.73 Å². The molecule has 0 aliphatic carbocycles. The van der Waals surface area contributed by atoms with E-state index in [1.807, 2.05) is 0 Å². The van der Waals surface area contributed by atoms with E-state index in [9.17, 15) is 19.5 Å². The second-order valence-corrected chi connectivity index (χ2v) is 14.4. The van der Waals surface area contributed by atoms with Gasteiger partial charge in [-0.2, -0.15) is 0 Å². The Morgan fingerprint density at radius 3 is 1.55 bits per heavy atom. The maximum absolute atomic E-state index is 12.7. The van der Waals surface area contributed by atoms with Gasteiger partial charge in [0.25, 0.3) is 0 Å². The van der Waals surface area contributed by atoms with Gasteiger partial charge in [-0.15, -0.1) is 0 Å². The molecule has 0 heterocycles. The van der Waals surface area contributed by atoms with Gasteiger partial charge in [0.05, 0.1) is 0 Å². The Hall–Kier alpha value is -1.89. The summed E-state index contributed by atoms with van der Waals surface area (Å²) in [6.45, 7) is 4.94. The second kappa shape index (κ2) is 37.4. The molecule has 7 nitrogen and oxygen atoms in total. The molecule has 0 bridgehead atoms. The summed E-state index contributed by atoms with van der Waals surface area (Å²) in [4.78, 5) is 36.3. The van der Waals surface area contributed by atoms with Crippen molar-refractivity contribution in [3.8, 4) is 0 Å². The molecule has 2 unspecified atom stereocenters. The van der Waals surface area contributed by atoms with E-state index < -0.39 is 12.0 Å². The molecule has 0 saturated heterocycles. The molecule has 7 heteroatoms. The highest BCUT2D eigenvalue weighted by Gasteiger charge is 2.19. The topological polar surface area (TPSA) is 119 Å². The molecule has 2 atom stereocenters. The molecule has 0 aliphatic heterocycles. The van der Waals surface area contributed by atoms with E-state index >= 15 is 0 Å². The van der Waals surface area contributed by atoms with Crippen LogP contribution in [0.15, 0.2) is 12.2 Å². The van der Waals surface area contributed by atoms with Crippen LogP contribution in [0.3, 0.4) is 0 Å². The standard InChI is InChI=1S/C42H80N2O5/c1-3-5-7-9-11-13-15-17-19-21-26-30-36-41(46)49-38(32-27-23-20-18-16-14-12-10-8-6-4-2)33-28-24-22-25-29-35-40(45)44-39(42(47)48)34-31-37-43/h18,20,38-39H,3-17,19,21-37,43H2,1-2H3,(H,44,45)(H,47,48)/b20-18-. The van der Waals surface area contributed by atoms with Crippen molar-refractivity contribution in [2.45, 2.75) is 231 Å². The molecule has 0 aliphatic rings. The molecule has 0 fully saturated rings. The first-order chi connectivity index (χ1) is 23.9. The van der Waals surface area contributed by atoms with Crippen LogP contribution in [0.4, 0.5) is 0 Å². The third-order valence-corrected chi connectivity index (χ3v) is 9.58. The van der Waals surface area contributed by atoms with Crippen molar-refractivity contribution in [1.29, 1.82) is 0 Å². The maximum Gasteiger partial charge on any atom is 0.326 e. The van der Waals surface area contributed by atoms with E-state index in [4.69, 9.17) is 10.5 Å². The minimum atomic E-state index is -1.00. The molecule has 49 heavy (non-hydrogen) atoms. The molecule has 0 aromatic rings. The fraction of sp³-hybridized carbons (Fsp3) is 0.881. The van der Waals surface area contributed by atoms with E-state index in [0.717, 1.165) is 70.6 Å². The largest absolute Gasteiger partial charge is 0.480 e. The molecule has 0 spiro atoms. The smallest absolute Gasteiger partial charge is 0.326 e. The maximum atomic E-state index is 12.7. The van der Waals surface area contributed by atoms with Crippen LogP contribution in [0.25, 0.3) is 0 Å². The Labute approximate surface area is 302 Å². The number of ether oxygens (including phenoxy) is 1. The van der Waals surface area contributed by atoms with Crippen LogP contribution in [0.2, 0.25) is 0 Å². The zero-order valence-corrected chi connectivity index (χ0v) is 32.3. The lowest BCUT2D eigenvalue weighted by atomic mass is 10.0. The number of aliphatic carboxylic acids is 1. The van der Waals surface area contributed by atoms with Gasteiger partial charge in [0.15, 0.2) is 0 Å². The molecule has 0 aromatic heterocycles. The van der Waals surface area contributed by atoms with Crippen molar-refractivity contribution in [2.75, 3.05) is 6.54 Å². The summed E-state index contributed by atoms with van der Waals surface area (Å²) in [6.07, 6.45) is 39.7. The van der Waals surface area contributed by atoms with Gasteiger partial charge in [-0.3, -0.25) is 9.59 Å². The number of nitrogens with one attached hydrogen (secondary N) is 1. The number of rotatable bonds is 38. The highest BCUT2D eigenvalue weighted by molar-refractivity contribution is 5.83. The Morgan fingerprint density at radius 2 is 1.02 bits per heavy atom. The summed E-state index contributed by atoms with van der Waals surface area (Å²) in [5, 5.41) is 11.9. The van der Waals surface area contributed by atoms with E-state index in [-0.39, 0.29) is 18.0 Å². The van der Waals surface area contributed by atoms with Gasteiger partial charge >= 0.3 is 11.9 Å². The Morgan fingerprint density at radius 1 is 0.571 bits per heavy atom. The number of hydrogen-bond acceptors (Lipinski definition) is 5. The third-order valence-electron chi connectivity index (χ3n) is 9.58. The number of carbonyl (C=O) groups is 3. The van der Waals surface area contributed by atoms with E-state index in [1.54, 1.807) is 0 Å². The first kappa shape index (κ1) is 47.1. The molecule has 1 amide bonds. The molecule has 0 aromatic carbocycles. The number of carboxylic acid groups (broad SMARTS) is 1. The number of allylic oxidation sites excluding steroid dienone is 2. The summed E-state index contributed by atoms with van der Waals surface area (Å²) in [6, 6.07) is -0.855. The van der Waals surface area contributed by atoms with E-state index in [2.05, 4.69) is 31.3 Å². The van der Waals surface area contributed by atoms with Crippen molar-refractivity contribution < 1.29 is 24.2 Å². The Kier molecular flexibility index (Phi) is 35.9. The van der Waals surface area contributed by atoms with Crippen LogP contribution in [0, 0.1) is 0 Å². The molecule has 288 valence electrons. The number of nitrogens with two attached hydrogens (primary N) is 1. The van der Waals surface area contributed by atoms with E-state index in [0.29, 0.717) is 32.2 Å². The van der Waals surface area contributed by atoms with Crippen LogP contribution in [-0.2, 0) is 19.1 Å². The highest BCUT2D eigenvalue weighted by Crippen LogP contribution is 2.18. The van der Waals surface area contributed by atoms with Crippen molar-refractivity contribution >= 4 is 17.8 Å². The summed E-state index contributed by atoms with van der Waals surface area (Å²) < 4.78 is 6.01. The lowest BCUT2D eigenvalue weighted by molar-refractivity contribution is -0.150. The third kappa shape index (κ3) is 34.3. The van der Waals surface area contributed by atoms with Crippen molar-refractivity contribution in [1.82, 2.24) is 5.32 Å². The average Bonchev–Trinajstić information content (AvgIpc) is 3.08. The fourth-order valence-electron chi connectivity index (χ4n) is 6.39. The van der Waals surface area contributed by atoms with Gasteiger partial charge in [-0.25, -0.2) is 4.79 Å². The van der Waals surface area contributed by atoms with Crippen LogP contribution in [0.1, 0.15) is 219 Å². The number of esters is 1. The fourth-order valence-corrected chi connectivity index (χ4v) is 6.39. The van der Waals surface area contributed by atoms with Gasteiger partial charge in [0.1, 0.15) is 12.1 Å². The molecule has 0 saturated carbocycles. The zero-order chi connectivity index (χ0) is 36.0. The quantitative estimate of drug-likeness (QED) is 0.0337. The van der Waals surface area contributed by atoms with Crippen molar-refractivity contribution in [3.05, 3.63) is 12.2 Å². The Bertz CT molecular complexity index is 787. The number of carbonyl (C=O) groups excluding carboxylic acids is 2. The average molecular weight is 693 g/mol. The predicted octanol–water partition coefficient (Wildman–Crippen LogP) is 11.5. The van der Waals surface area contributed by atoms with Crippen molar-refractivity contribution in [3.63, 3.8) is 0 Å². The monoisotopic (exact) mass is 693 g/mol. The van der Waals surface area contributed by atoms with E-state index in [1.165, 1.54) is 109 Å². The van der Waals surface area contributed by atoms with Gasteiger partial charge in [-0.1, -0.05) is 148 Å². The lowest BCUT2D eigenvalue weighted by Gasteiger charge is -2.18. The Balaban J connectivity index is 4.33. The number of carboxylic acids is 1. The van der Waals surface area contributed by atoms with Gasteiger partial charge in [0, 0.05) is 12.8 Å². The normalized spacial score (nSPS) is 12.7.